The van der Waals surface area contributed by atoms with Crippen molar-refractivity contribution < 1.29 is 13.6 Å². The van der Waals surface area contributed by atoms with Crippen LogP contribution in [0.3, 0.4) is 0 Å². The van der Waals surface area contributed by atoms with E-state index < -0.39 is 16.6 Å². The summed E-state index contributed by atoms with van der Waals surface area (Å²) in [7, 11) is -3.86. The number of aryl methyl sites for hydroxylation is 1. The van der Waals surface area contributed by atoms with Gasteiger partial charge >= 0.3 is 0 Å². The van der Waals surface area contributed by atoms with Crippen LogP contribution in [0.15, 0.2) is 60.7 Å². The average Bonchev–Trinajstić information content (AvgIpc) is 3.32. The van der Waals surface area contributed by atoms with E-state index in [2.05, 4.69) is 139 Å². The molecule has 0 bridgehead atoms. The zero-order chi connectivity index (χ0) is 36.2. The Morgan fingerprint density at radius 1 is 0.700 bits per heavy atom. The van der Waals surface area contributed by atoms with Crippen LogP contribution in [0.2, 0.25) is 36.3 Å². The number of rotatable bonds is 12. The SMILES string of the molecule is CC(C)(C)[Si](C)(C)Oc1ccc2c(c1)CCC(c1ccc(O[Si](C)(C)C(C)(C)C)cc1NCc1ccc(OCCN3CCCCCC3)cc1)C2. The highest BCUT2D eigenvalue weighted by molar-refractivity contribution is 6.75. The van der Waals surface area contributed by atoms with E-state index >= 15 is 0 Å². The van der Waals surface area contributed by atoms with Gasteiger partial charge in [-0.3, -0.25) is 4.90 Å². The minimum atomic E-state index is -1.98. The lowest BCUT2D eigenvalue weighted by atomic mass is 9.79. The lowest BCUT2D eigenvalue weighted by molar-refractivity contribution is 0.214. The van der Waals surface area contributed by atoms with Gasteiger partial charge in [-0.05, 0) is 140 Å². The second-order valence-electron chi connectivity index (χ2n) is 17.9. The molecule has 1 aliphatic heterocycles. The van der Waals surface area contributed by atoms with Crippen LogP contribution in [0.25, 0.3) is 0 Å². The molecule has 274 valence electrons. The van der Waals surface area contributed by atoms with E-state index in [1.807, 2.05) is 0 Å². The molecule has 0 saturated carbocycles. The predicted octanol–water partition coefficient (Wildman–Crippen LogP) is 11.6. The third-order valence-electron chi connectivity index (χ3n) is 12.0. The Balaban J connectivity index is 1.29. The zero-order valence-corrected chi connectivity index (χ0v) is 35.0. The van der Waals surface area contributed by atoms with Gasteiger partial charge in [-0.15, -0.1) is 0 Å². The maximum atomic E-state index is 6.81. The molecular formula is C43H66N2O3Si2. The van der Waals surface area contributed by atoms with Gasteiger partial charge in [0, 0.05) is 24.8 Å². The van der Waals surface area contributed by atoms with Crippen molar-refractivity contribution in [2.24, 2.45) is 0 Å². The summed E-state index contributed by atoms with van der Waals surface area (Å²) in [5, 5.41) is 4.16. The molecule has 0 amide bonds. The van der Waals surface area contributed by atoms with E-state index in [1.54, 1.807) is 0 Å². The van der Waals surface area contributed by atoms with Crippen molar-refractivity contribution in [3.63, 3.8) is 0 Å². The van der Waals surface area contributed by atoms with Crippen molar-refractivity contribution in [1.29, 1.82) is 0 Å². The van der Waals surface area contributed by atoms with Gasteiger partial charge in [-0.1, -0.05) is 78.6 Å². The number of ether oxygens (including phenoxy) is 1. The Hall–Kier alpha value is -2.75. The molecule has 0 spiro atoms. The number of hydrogen-bond donors (Lipinski definition) is 1. The van der Waals surface area contributed by atoms with Crippen LogP contribution in [0.4, 0.5) is 5.69 Å². The largest absolute Gasteiger partial charge is 0.543 e. The Bertz CT molecular complexity index is 1550. The first kappa shape index (κ1) is 38.5. The Labute approximate surface area is 306 Å². The van der Waals surface area contributed by atoms with Gasteiger partial charge in [0.15, 0.2) is 0 Å². The minimum absolute atomic E-state index is 0.135. The third-order valence-corrected chi connectivity index (χ3v) is 20.7. The molecule has 3 aromatic carbocycles. The minimum Gasteiger partial charge on any atom is -0.543 e. The summed E-state index contributed by atoms with van der Waals surface area (Å²) < 4.78 is 19.6. The van der Waals surface area contributed by atoms with Gasteiger partial charge < -0.3 is 18.9 Å². The van der Waals surface area contributed by atoms with E-state index in [1.165, 1.54) is 66.7 Å². The van der Waals surface area contributed by atoms with Crippen LogP contribution in [0.1, 0.15) is 102 Å². The molecule has 5 nitrogen and oxygen atoms in total. The smallest absolute Gasteiger partial charge is 0.250 e. The molecule has 2 aliphatic rings. The number of benzene rings is 3. The van der Waals surface area contributed by atoms with Gasteiger partial charge in [0.1, 0.15) is 23.9 Å². The zero-order valence-electron chi connectivity index (χ0n) is 33.0. The second-order valence-corrected chi connectivity index (χ2v) is 27.4. The Morgan fingerprint density at radius 2 is 1.28 bits per heavy atom. The molecule has 1 atom stereocenters. The molecule has 0 aromatic heterocycles. The molecule has 7 heteroatoms. The lowest BCUT2D eigenvalue weighted by Gasteiger charge is -2.37. The van der Waals surface area contributed by atoms with E-state index in [0.717, 1.165) is 56.2 Å². The highest BCUT2D eigenvalue weighted by atomic mass is 28.4. The molecular weight excluding hydrogens is 649 g/mol. The molecule has 3 aromatic rings. The lowest BCUT2D eigenvalue weighted by Crippen LogP contribution is -2.43. The van der Waals surface area contributed by atoms with Crippen LogP contribution in [-0.4, -0.2) is 47.8 Å². The molecule has 1 aliphatic carbocycles. The molecule has 1 fully saturated rings. The Kier molecular flexibility index (Phi) is 12.2. The normalized spacial score (nSPS) is 17.8. The Morgan fingerprint density at radius 3 is 1.90 bits per heavy atom. The first-order valence-corrected chi connectivity index (χ1v) is 25.1. The fourth-order valence-corrected chi connectivity index (χ4v) is 8.66. The predicted molar refractivity (Wildman–Crippen MR) is 217 cm³/mol. The quantitative estimate of drug-likeness (QED) is 0.189. The van der Waals surface area contributed by atoms with E-state index in [9.17, 15) is 0 Å². The number of anilines is 1. The van der Waals surface area contributed by atoms with Crippen molar-refractivity contribution in [2.75, 3.05) is 31.6 Å². The molecule has 5 rings (SSSR count). The van der Waals surface area contributed by atoms with Gasteiger partial charge in [-0.2, -0.15) is 0 Å². The molecule has 50 heavy (non-hydrogen) atoms. The monoisotopic (exact) mass is 714 g/mol. The van der Waals surface area contributed by atoms with Gasteiger partial charge in [0.2, 0.25) is 16.6 Å². The second kappa shape index (κ2) is 15.9. The highest BCUT2D eigenvalue weighted by Crippen LogP contribution is 2.43. The summed E-state index contributed by atoms with van der Waals surface area (Å²) in [5.41, 5.74) is 6.70. The van der Waals surface area contributed by atoms with E-state index in [4.69, 9.17) is 13.6 Å². The number of fused-ring (bicyclic) bond motifs is 1. The number of nitrogens with zero attached hydrogens (tertiary/aromatic N) is 1. The van der Waals surface area contributed by atoms with E-state index in [0.29, 0.717) is 5.92 Å². The molecule has 1 unspecified atom stereocenters. The molecule has 1 heterocycles. The van der Waals surface area contributed by atoms with Gasteiger partial charge in [0.05, 0.1) is 0 Å². The summed E-state index contributed by atoms with van der Waals surface area (Å²) in [6.45, 7) is 28.1. The summed E-state index contributed by atoms with van der Waals surface area (Å²) in [4.78, 5) is 2.55. The fraction of sp³-hybridized carbons (Fsp3) is 0.581. The maximum Gasteiger partial charge on any atom is 0.250 e. The first-order chi connectivity index (χ1) is 23.5. The van der Waals surface area contributed by atoms with Crippen molar-refractivity contribution in [1.82, 2.24) is 4.90 Å². The maximum absolute atomic E-state index is 6.81. The number of nitrogens with one attached hydrogen (secondary N) is 1. The van der Waals surface area contributed by atoms with Crippen LogP contribution in [0, 0.1) is 0 Å². The van der Waals surface area contributed by atoms with Crippen LogP contribution < -0.4 is 18.9 Å². The molecule has 1 N–H and O–H groups in total. The van der Waals surface area contributed by atoms with Gasteiger partial charge in [-0.25, -0.2) is 0 Å². The standard InChI is InChI=1S/C43H66N2O3Si2/c1-42(2,3)49(7,8)47-38-22-19-34-29-36(18-17-35(34)30-38)40-24-23-39(48-50(9,10)43(4,5)6)31-41(40)44-32-33-15-20-37(21-16-33)46-28-27-45-25-13-11-12-14-26-45/h15-16,19-24,30-31,36,44H,11-14,17-18,25-29,32H2,1-10H3. The fourth-order valence-electron chi connectivity index (χ4n) is 6.62. The first-order valence-electron chi connectivity index (χ1n) is 19.3. The topological polar surface area (TPSA) is 43.0 Å². The average molecular weight is 715 g/mol. The summed E-state index contributed by atoms with van der Waals surface area (Å²) in [6.07, 6.45) is 8.59. The number of likely N-dealkylation sites (tertiary alicyclic amines) is 1. The third kappa shape index (κ3) is 9.98. The summed E-state index contributed by atoms with van der Waals surface area (Å²) >= 11 is 0. The van der Waals surface area contributed by atoms with Crippen molar-refractivity contribution in [3.8, 4) is 17.2 Å². The van der Waals surface area contributed by atoms with E-state index in [-0.39, 0.29) is 10.1 Å². The van der Waals surface area contributed by atoms with Crippen LogP contribution in [-0.2, 0) is 19.4 Å². The van der Waals surface area contributed by atoms with Crippen LogP contribution in [0.5, 0.6) is 17.2 Å². The van der Waals surface area contributed by atoms with Crippen LogP contribution >= 0.6 is 0 Å². The van der Waals surface area contributed by atoms with Crippen molar-refractivity contribution in [3.05, 3.63) is 82.9 Å². The summed E-state index contributed by atoms with van der Waals surface area (Å²) in [5.74, 6) is 3.41. The van der Waals surface area contributed by atoms with Crippen molar-refractivity contribution >= 4 is 22.3 Å². The molecule has 0 radical (unpaired) electrons. The van der Waals surface area contributed by atoms with Gasteiger partial charge in [0.25, 0.3) is 0 Å². The highest BCUT2D eigenvalue weighted by Gasteiger charge is 2.40. The number of hydrogen-bond acceptors (Lipinski definition) is 5. The summed E-state index contributed by atoms with van der Waals surface area (Å²) in [6, 6.07) is 22.3. The molecule has 1 saturated heterocycles. The van der Waals surface area contributed by atoms with Crippen molar-refractivity contribution in [2.45, 2.75) is 135 Å².